The quantitative estimate of drug-likeness (QED) is 0.0818. The number of carbonyl (C=O) groups is 1. The van der Waals surface area contributed by atoms with Crippen LogP contribution in [0.25, 0.3) is 0 Å². The molecule has 1 saturated carbocycles. The maximum absolute atomic E-state index is 10.4. The molecule has 0 atom stereocenters. The van der Waals surface area contributed by atoms with Gasteiger partial charge in [-0.05, 0) is 51.4 Å². The van der Waals surface area contributed by atoms with Gasteiger partial charge in [0.15, 0.2) is 0 Å². The average Bonchev–Trinajstić information content (AvgIpc) is 3.28. The highest BCUT2D eigenvalue weighted by Gasteiger charge is 2.36. The summed E-state index contributed by atoms with van der Waals surface area (Å²) in [7, 11) is 0. The molecule has 1 aliphatic carbocycles. The standard InChI is InChI=1S/C20H31I3O2/c21-20(22,23)15-11-7-6-10-14-19(16-17-19)13-9-5-3-1-2-4-8-12-18(24)25/h9-10,13-14H,1-8,11-12,15-17H2,(H,24,25)/b13-9-,14-10-. The Hall–Kier alpha value is 1.14. The van der Waals surface area contributed by atoms with Crippen LogP contribution >= 0.6 is 67.8 Å². The Kier molecular flexibility index (Phi) is 12.9. The molecule has 0 bridgehead atoms. The molecule has 0 aromatic carbocycles. The van der Waals surface area contributed by atoms with Crippen LogP contribution < -0.4 is 0 Å². The summed E-state index contributed by atoms with van der Waals surface area (Å²) in [4.78, 5) is 10.4. The molecule has 0 spiro atoms. The number of halogens is 3. The molecule has 1 aliphatic rings. The maximum atomic E-state index is 10.4. The Morgan fingerprint density at radius 1 is 0.880 bits per heavy atom. The molecule has 0 amide bonds. The predicted octanol–water partition coefficient (Wildman–Crippen LogP) is 8.21. The van der Waals surface area contributed by atoms with Gasteiger partial charge < -0.3 is 5.11 Å². The van der Waals surface area contributed by atoms with Crippen molar-refractivity contribution in [2.75, 3.05) is 0 Å². The van der Waals surface area contributed by atoms with E-state index in [0.717, 1.165) is 19.3 Å². The van der Waals surface area contributed by atoms with Crippen LogP contribution in [0.15, 0.2) is 24.3 Å². The highest BCUT2D eigenvalue weighted by Crippen LogP contribution is 2.48. The zero-order chi connectivity index (χ0) is 18.6. The highest BCUT2D eigenvalue weighted by molar-refractivity contribution is 14.3. The van der Waals surface area contributed by atoms with Crippen LogP contribution in [-0.2, 0) is 4.79 Å². The zero-order valence-electron chi connectivity index (χ0n) is 15.0. The zero-order valence-corrected chi connectivity index (χ0v) is 21.5. The third-order valence-electron chi connectivity index (χ3n) is 4.57. The number of rotatable bonds is 15. The van der Waals surface area contributed by atoms with Crippen molar-refractivity contribution in [3.05, 3.63) is 24.3 Å². The Morgan fingerprint density at radius 2 is 1.40 bits per heavy atom. The molecule has 0 aliphatic heterocycles. The van der Waals surface area contributed by atoms with Gasteiger partial charge >= 0.3 is 5.97 Å². The second-order valence-electron chi connectivity index (χ2n) is 7.10. The fourth-order valence-electron chi connectivity index (χ4n) is 2.83. The van der Waals surface area contributed by atoms with Crippen LogP contribution in [0.3, 0.4) is 0 Å². The summed E-state index contributed by atoms with van der Waals surface area (Å²) in [6.45, 7) is 0. The topological polar surface area (TPSA) is 37.3 Å². The molecule has 0 heterocycles. The van der Waals surface area contributed by atoms with Crippen LogP contribution in [0, 0.1) is 5.41 Å². The normalized spacial score (nSPS) is 16.8. The minimum Gasteiger partial charge on any atom is -0.481 e. The first-order valence-corrected chi connectivity index (χ1v) is 12.7. The summed E-state index contributed by atoms with van der Waals surface area (Å²) in [6, 6.07) is 0. The molecular formula is C20H31I3O2. The van der Waals surface area contributed by atoms with Crippen LogP contribution in [0.4, 0.5) is 0 Å². The number of aliphatic carboxylic acids is 1. The predicted molar refractivity (Wildman–Crippen MR) is 133 cm³/mol. The van der Waals surface area contributed by atoms with Gasteiger partial charge in [0.25, 0.3) is 0 Å². The van der Waals surface area contributed by atoms with E-state index in [1.54, 1.807) is 0 Å². The number of hydrogen-bond acceptors (Lipinski definition) is 1. The SMILES string of the molecule is O=C(O)CCCCCCC/C=C\C1(/C=C\CCCCC(I)(I)I)CC1. The molecule has 1 N–H and O–H groups in total. The van der Waals surface area contributed by atoms with Crippen LogP contribution in [0.1, 0.15) is 83.5 Å². The Labute approximate surface area is 194 Å². The first-order chi connectivity index (χ1) is 11.8. The minimum absolute atomic E-state index is 0.323. The van der Waals surface area contributed by atoms with E-state index < -0.39 is 5.97 Å². The van der Waals surface area contributed by atoms with Crippen molar-refractivity contribution >= 4 is 73.7 Å². The van der Waals surface area contributed by atoms with Crippen molar-refractivity contribution in [1.29, 1.82) is 0 Å². The van der Waals surface area contributed by atoms with E-state index in [2.05, 4.69) is 92.1 Å². The smallest absolute Gasteiger partial charge is 0.303 e. The number of unbranched alkanes of at least 4 members (excludes halogenated alkanes) is 7. The lowest BCUT2D eigenvalue weighted by atomic mass is 10.0. The minimum atomic E-state index is -0.668. The van der Waals surface area contributed by atoms with Crippen LogP contribution in [0.2, 0.25) is 0 Å². The van der Waals surface area contributed by atoms with Gasteiger partial charge in [-0.3, -0.25) is 4.79 Å². The third-order valence-corrected chi connectivity index (χ3v) is 6.19. The van der Waals surface area contributed by atoms with Crippen molar-refractivity contribution in [3.8, 4) is 0 Å². The van der Waals surface area contributed by atoms with Crippen molar-refractivity contribution in [1.82, 2.24) is 0 Å². The Morgan fingerprint density at radius 3 is 1.92 bits per heavy atom. The summed E-state index contributed by atoms with van der Waals surface area (Å²) in [5.74, 6) is -0.668. The van der Waals surface area contributed by atoms with Crippen molar-refractivity contribution in [2.24, 2.45) is 5.41 Å². The number of hydrogen-bond donors (Lipinski definition) is 1. The molecule has 0 unspecified atom stereocenters. The molecule has 1 fully saturated rings. The number of carboxylic acid groups (broad SMARTS) is 1. The van der Waals surface area contributed by atoms with Gasteiger partial charge in [-0.15, -0.1) is 0 Å². The molecular weight excluding hydrogens is 653 g/mol. The second kappa shape index (κ2) is 13.3. The van der Waals surface area contributed by atoms with Gasteiger partial charge in [0.05, 0.1) is 0 Å². The molecule has 2 nitrogen and oxygen atoms in total. The molecule has 0 saturated heterocycles. The molecule has 144 valence electrons. The first kappa shape index (κ1) is 24.2. The lowest BCUT2D eigenvalue weighted by Crippen LogP contribution is -1.97. The summed E-state index contributed by atoms with van der Waals surface area (Å²) >= 11 is 7.55. The molecule has 5 heteroatoms. The summed E-state index contributed by atoms with van der Waals surface area (Å²) in [6.07, 6.45) is 24.4. The van der Waals surface area contributed by atoms with Gasteiger partial charge in [0, 0.05) is 11.8 Å². The van der Waals surface area contributed by atoms with Crippen molar-refractivity contribution in [2.45, 2.75) is 82.9 Å². The molecule has 0 aromatic heterocycles. The Bertz CT molecular complexity index is 435. The lowest BCUT2D eigenvalue weighted by Gasteiger charge is -2.10. The van der Waals surface area contributed by atoms with E-state index in [1.807, 2.05) is 0 Å². The second-order valence-corrected chi connectivity index (χ2v) is 18.8. The van der Waals surface area contributed by atoms with E-state index >= 15 is 0 Å². The van der Waals surface area contributed by atoms with Gasteiger partial charge in [0.1, 0.15) is -0.565 Å². The first-order valence-electron chi connectivity index (χ1n) is 9.47. The van der Waals surface area contributed by atoms with E-state index in [-0.39, 0.29) is 0 Å². The molecule has 0 radical (unpaired) electrons. The largest absolute Gasteiger partial charge is 0.481 e. The Balaban J connectivity index is 2.02. The fraction of sp³-hybridized carbons (Fsp3) is 0.750. The van der Waals surface area contributed by atoms with E-state index in [4.69, 9.17) is 5.11 Å². The van der Waals surface area contributed by atoms with Gasteiger partial charge in [-0.25, -0.2) is 0 Å². The highest BCUT2D eigenvalue weighted by atomic mass is 127. The fourth-order valence-corrected chi connectivity index (χ4v) is 3.97. The summed E-state index contributed by atoms with van der Waals surface area (Å²) < 4.78 is 0.383. The van der Waals surface area contributed by atoms with Gasteiger partial charge in [-0.1, -0.05) is 118 Å². The number of allylic oxidation sites excluding steroid dienone is 4. The van der Waals surface area contributed by atoms with Crippen LogP contribution in [-0.4, -0.2) is 10.5 Å². The monoisotopic (exact) mass is 684 g/mol. The third kappa shape index (κ3) is 14.8. The van der Waals surface area contributed by atoms with E-state index in [9.17, 15) is 4.79 Å². The van der Waals surface area contributed by atoms with E-state index in [0.29, 0.717) is 11.3 Å². The average molecular weight is 684 g/mol. The number of alkyl halides is 3. The maximum Gasteiger partial charge on any atom is 0.303 e. The van der Waals surface area contributed by atoms with Crippen molar-refractivity contribution in [3.63, 3.8) is 0 Å². The number of carboxylic acids is 1. The summed E-state index contributed by atoms with van der Waals surface area (Å²) in [5.41, 5.74) is 0.390. The molecule has 25 heavy (non-hydrogen) atoms. The molecule has 1 rings (SSSR count). The van der Waals surface area contributed by atoms with Gasteiger partial charge in [-0.2, -0.15) is 0 Å². The molecule has 0 aromatic rings. The van der Waals surface area contributed by atoms with E-state index in [1.165, 1.54) is 57.8 Å². The summed E-state index contributed by atoms with van der Waals surface area (Å²) in [5, 5.41) is 8.59. The lowest BCUT2D eigenvalue weighted by molar-refractivity contribution is -0.137. The van der Waals surface area contributed by atoms with Crippen LogP contribution in [0.5, 0.6) is 0 Å². The van der Waals surface area contributed by atoms with Gasteiger partial charge in [0.2, 0.25) is 0 Å². The van der Waals surface area contributed by atoms with Crippen molar-refractivity contribution < 1.29 is 9.90 Å².